The fraction of sp³-hybridized carbons (Fsp3) is 0.500. The molecule has 164 valence electrons. The summed E-state index contributed by atoms with van der Waals surface area (Å²) < 4.78 is 49.6. The van der Waals surface area contributed by atoms with Crippen molar-refractivity contribution in [3.05, 3.63) is 33.9 Å². The Hall–Kier alpha value is -2.15. The molecular weight excluding hydrogens is 454 g/mol. The first-order valence-electron chi connectivity index (χ1n) is 8.72. The number of halogens is 5. The molecule has 1 saturated heterocycles. The maximum Gasteiger partial charge on any atom is 0.522 e. The van der Waals surface area contributed by atoms with E-state index in [1.807, 2.05) is 0 Å². The third-order valence-corrected chi connectivity index (χ3v) is 4.76. The van der Waals surface area contributed by atoms with Gasteiger partial charge in [0.2, 0.25) is 5.89 Å². The number of pyridine rings is 1. The number of ether oxygens (including phenoxy) is 2. The topological polar surface area (TPSA) is 111 Å². The van der Waals surface area contributed by atoms with Gasteiger partial charge in [0.25, 0.3) is 5.91 Å². The summed E-state index contributed by atoms with van der Waals surface area (Å²) in [6, 6.07) is 2.68. The zero-order chi connectivity index (χ0) is 21.7. The van der Waals surface area contributed by atoms with Crippen molar-refractivity contribution >= 4 is 29.1 Å². The molecule has 9 nitrogen and oxygen atoms in total. The Kier molecular flexibility index (Phi) is 7.34. The van der Waals surface area contributed by atoms with Gasteiger partial charge in [-0.15, -0.1) is 18.3 Å². The van der Waals surface area contributed by atoms with Crippen molar-refractivity contribution in [3.8, 4) is 6.08 Å². The first-order valence-corrected chi connectivity index (χ1v) is 9.47. The fourth-order valence-corrected chi connectivity index (χ4v) is 3.03. The summed E-state index contributed by atoms with van der Waals surface area (Å²) >= 11 is 11.6. The molecule has 2 N–H and O–H groups in total. The zero-order valence-corrected chi connectivity index (χ0v) is 16.7. The number of amides is 1. The van der Waals surface area contributed by atoms with Crippen LogP contribution in [0.3, 0.4) is 0 Å². The van der Waals surface area contributed by atoms with E-state index in [4.69, 9.17) is 32.4 Å². The monoisotopic (exact) mass is 469 g/mol. The van der Waals surface area contributed by atoms with Crippen LogP contribution >= 0.6 is 23.2 Å². The van der Waals surface area contributed by atoms with Crippen LogP contribution in [0.1, 0.15) is 28.7 Å². The second-order valence-corrected chi connectivity index (χ2v) is 7.04. The number of aromatic nitrogens is 3. The summed E-state index contributed by atoms with van der Waals surface area (Å²) in [4.78, 5) is 16.3. The Morgan fingerprint density at radius 2 is 2.07 bits per heavy atom. The van der Waals surface area contributed by atoms with Crippen molar-refractivity contribution in [1.82, 2.24) is 25.8 Å². The molecular formula is C16H16Cl2F3N5O4. The molecule has 1 fully saturated rings. The highest BCUT2D eigenvalue weighted by molar-refractivity contribution is 6.41. The Balaban J connectivity index is 1.51. The summed E-state index contributed by atoms with van der Waals surface area (Å²) in [5.41, 5.74) is 0.126. The molecule has 0 spiro atoms. The van der Waals surface area contributed by atoms with Crippen LogP contribution in [-0.4, -0.2) is 59.8 Å². The van der Waals surface area contributed by atoms with Crippen LogP contribution in [-0.2, 0) is 4.74 Å². The number of piperidine rings is 1. The number of hydrogen-bond donors (Lipinski definition) is 2. The van der Waals surface area contributed by atoms with E-state index in [1.54, 1.807) is 0 Å². The fourth-order valence-electron chi connectivity index (χ4n) is 2.77. The first-order chi connectivity index (χ1) is 14.2. The Labute approximate surface area is 178 Å². The number of nitrogens with zero attached hydrogens (tertiary/aromatic N) is 3. The van der Waals surface area contributed by atoms with E-state index in [-0.39, 0.29) is 39.8 Å². The molecule has 14 heteroatoms. The lowest BCUT2D eigenvalue weighted by atomic mass is 9.95. The van der Waals surface area contributed by atoms with Crippen LogP contribution < -0.4 is 15.4 Å². The van der Waals surface area contributed by atoms with Crippen LogP contribution in [0.2, 0.25) is 10.2 Å². The molecule has 2 atom stereocenters. The lowest BCUT2D eigenvalue weighted by molar-refractivity contribution is -0.325. The van der Waals surface area contributed by atoms with Crippen molar-refractivity contribution in [2.24, 2.45) is 0 Å². The number of alkyl halides is 3. The summed E-state index contributed by atoms with van der Waals surface area (Å²) in [5.74, 6) is -0.414. The van der Waals surface area contributed by atoms with Crippen LogP contribution in [0, 0.1) is 0 Å². The van der Waals surface area contributed by atoms with E-state index in [2.05, 4.69) is 30.6 Å². The molecule has 2 aromatic rings. The molecule has 0 aliphatic carbocycles. The Bertz CT molecular complexity index is 883. The van der Waals surface area contributed by atoms with Crippen LogP contribution in [0.15, 0.2) is 16.5 Å². The first kappa shape index (κ1) is 22.5. The number of hydrogen-bond acceptors (Lipinski definition) is 8. The summed E-state index contributed by atoms with van der Waals surface area (Å²) in [6.07, 6.45) is -4.51. The molecule has 1 amide bonds. The molecule has 0 bridgehead atoms. The smallest absolute Gasteiger partial charge is 0.447 e. The van der Waals surface area contributed by atoms with E-state index in [0.29, 0.717) is 19.5 Å². The maximum atomic E-state index is 12.4. The lowest BCUT2D eigenvalue weighted by Crippen LogP contribution is -2.48. The summed E-state index contributed by atoms with van der Waals surface area (Å²) in [6.45, 7) is -0.0888. The van der Waals surface area contributed by atoms with Crippen molar-refractivity contribution < 1.29 is 31.9 Å². The normalized spacial score (nSPS) is 19.5. The zero-order valence-electron chi connectivity index (χ0n) is 15.2. The van der Waals surface area contributed by atoms with Gasteiger partial charge in [0.1, 0.15) is 17.5 Å². The maximum absolute atomic E-state index is 12.4. The molecule has 2 aromatic heterocycles. The number of carbonyl (C=O) groups excluding carboxylic acids is 1. The van der Waals surface area contributed by atoms with Gasteiger partial charge < -0.3 is 19.8 Å². The van der Waals surface area contributed by atoms with Gasteiger partial charge in [0, 0.05) is 19.1 Å². The van der Waals surface area contributed by atoms with Gasteiger partial charge >= 0.3 is 12.4 Å². The summed E-state index contributed by atoms with van der Waals surface area (Å²) in [7, 11) is 0. The molecule has 30 heavy (non-hydrogen) atoms. The van der Waals surface area contributed by atoms with Gasteiger partial charge in [-0.1, -0.05) is 28.3 Å². The largest absolute Gasteiger partial charge is 0.522 e. The lowest BCUT2D eigenvalue weighted by Gasteiger charge is -2.28. The van der Waals surface area contributed by atoms with Gasteiger partial charge in [-0.2, -0.15) is 0 Å². The number of carbonyl (C=O) groups is 1. The minimum absolute atomic E-state index is 0.0305. The Morgan fingerprint density at radius 3 is 2.80 bits per heavy atom. The minimum atomic E-state index is -4.73. The second kappa shape index (κ2) is 9.77. The van der Waals surface area contributed by atoms with Crippen molar-refractivity contribution in [1.29, 1.82) is 0 Å². The van der Waals surface area contributed by atoms with E-state index in [9.17, 15) is 18.0 Å². The summed E-state index contributed by atoms with van der Waals surface area (Å²) in [5, 5.41) is 13.8. The number of nitrogens with one attached hydrogen (secondary N) is 2. The Morgan fingerprint density at radius 1 is 1.27 bits per heavy atom. The van der Waals surface area contributed by atoms with Gasteiger partial charge in [-0.25, -0.2) is 4.98 Å². The molecule has 3 heterocycles. The molecule has 0 radical (unpaired) electrons. The highest BCUT2D eigenvalue weighted by atomic mass is 35.5. The average Bonchev–Trinajstić information content (AvgIpc) is 3.16. The molecule has 0 aromatic carbocycles. The van der Waals surface area contributed by atoms with Crippen LogP contribution in [0.5, 0.6) is 6.08 Å². The second-order valence-electron chi connectivity index (χ2n) is 6.28. The predicted molar refractivity (Wildman–Crippen MR) is 97.5 cm³/mol. The standard InChI is InChI=1S/C16H16Cl2F3N5O4/c17-10-1-2-11(24-12(10)18)13(27)23-9-5-8(6-22-7-9)14-25-26-15(30-14)28-3-4-29-16(19,20)21/h1-2,8-9,22H,3-7H2,(H,23,27)/t8?,9-/m0/s1. The predicted octanol–water partition coefficient (Wildman–Crippen LogP) is 2.56. The minimum Gasteiger partial charge on any atom is -0.447 e. The average molecular weight is 470 g/mol. The quantitative estimate of drug-likeness (QED) is 0.470. The van der Waals surface area contributed by atoms with Crippen molar-refractivity contribution in [3.63, 3.8) is 0 Å². The molecule has 3 rings (SSSR count). The van der Waals surface area contributed by atoms with E-state index < -0.39 is 25.5 Å². The van der Waals surface area contributed by atoms with Crippen LogP contribution in [0.4, 0.5) is 13.2 Å². The number of rotatable bonds is 7. The molecule has 1 aliphatic heterocycles. The van der Waals surface area contributed by atoms with Gasteiger partial charge in [0.15, 0.2) is 0 Å². The van der Waals surface area contributed by atoms with E-state index in [0.717, 1.165) is 0 Å². The van der Waals surface area contributed by atoms with Gasteiger partial charge in [-0.3, -0.25) is 9.53 Å². The van der Waals surface area contributed by atoms with Gasteiger partial charge in [0.05, 0.1) is 17.5 Å². The molecule has 1 aliphatic rings. The molecule has 1 unspecified atom stereocenters. The van der Waals surface area contributed by atoms with E-state index in [1.165, 1.54) is 12.1 Å². The third-order valence-electron chi connectivity index (χ3n) is 4.07. The third kappa shape index (κ3) is 6.42. The SMILES string of the molecule is O=C(N[C@@H]1CNCC(c2nnc(OCCOC(F)(F)F)o2)C1)c1ccc(Cl)c(Cl)n1. The molecule has 0 saturated carbocycles. The van der Waals surface area contributed by atoms with Crippen LogP contribution in [0.25, 0.3) is 0 Å². The van der Waals surface area contributed by atoms with Crippen molar-refractivity contribution in [2.45, 2.75) is 24.7 Å². The highest BCUT2D eigenvalue weighted by Crippen LogP contribution is 2.25. The van der Waals surface area contributed by atoms with Crippen molar-refractivity contribution in [2.75, 3.05) is 26.3 Å². The van der Waals surface area contributed by atoms with E-state index >= 15 is 0 Å². The highest BCUT2D eigenvalue weighted by Gasteiger charge is 2.30. The van der Waals surface area contributed by atoms with Gasteiger partial charge in [-0.05, 0) is 18.6 Å².